The molecular formula is C31H45N3O3. The summed E-state index contributed by atoms with van der Waals surface area (Å²) in [6, 6.07) is 0.791. The molecule has 0 atom stereocenters. The van der Waals surface area contributed by atoms with E-state index in [1.807, 2.05) is 0 Å². The van der Waals surface area contributed by atoms with Gasteiger partial charge in [0.2, 0.25) is 11.7 Å². The van der Waals surface area contributed by atoms with Crippen molar-refractivity contribution in [3.8, 4) is 0 Å². The van der Waals surface area contributed by atoms with Gasteiger partial charge in [-0.3, -0.25) is 4.99 Å². The van der Waals surface area contributed by atoms with Gasteiger partial charge in [0.15, 0.2) is 0 Å². The van der Waals surface area contributed by atoms with Gasteiger partial charge in [-0.2, -0.15) is 0 Å². The summed E-state index contributed by atoms with van der Waals surface area (Å²) in [6.07, 6.45) is 21.7. The van der Waals surface area contributed by atoms with Crippen LogP contribution in [-0.4, -0.2) is 41.6 Å². The quantitative estimate of drug-likeness (QED) is 0.377. The van der Waals surface area contributed by atoms with Gasteiger partial charge in [-0.25, -0.2) is 14.8 Å². The molecule has 37 heavy (non-hydrogen) atoms. The first-order valence-electron chi connectivity index (χ1n) is 15.5. The fourth-order valence-corrected chi connectivity index (χ4v) is 7.60. The lowest BCUT2D eigenvalue weighted by Crippen LogP contribution is -2.48. The molecule has 0 amide bonds. The first-order chi connectivity index (χ1) is 18.1. The number of rotatable bonds is 3. The Balaban J connectivity index is 1.46. The molecule has 0 saturated heterocycles. The number of fused-ring (bicyclic) bond motifs is 1. The van der Waals surface area contributed by atoms with Gasteiger partial charge in [0.05, 0.1) is 29.1 Å². The average Bonchev–Trinajstić information content (AvgIpc) is 3.24. The van der Waals surface area contributed by atoms with Gasteiger partial charge >= 0.3 is 5.97 Å². The Bertz CT molecular complexity index is 983. The summed E-state index contributed by atoms with van der Waals surface area (Å²) in [4.78, 5) is 29.3. The molecule has 1 spiro atoms. The van der Waals surface area contributed by atoms with Gasteiger partial charge in [0, 0.05) is 0 Å². The number of esters is 1. The minimum Gasteiger partial charge on any atom is -0.431 e. The fourth-order valence-electron chi connectivity index (χ4n) is 7.60. The van der Waals surface area contributed by atoms with Crippen LogP contribution in [-0.2, 0) is 14.3 Å². The standard InChI is InChI=1S/C31H45N3O3/c1-21-17-19-31(20-18-21)25-26(28(37-30(25)35)33-23-13-7-3-8-14-23)36-29(34-24-15-9-4-10-16-24)27(31)32-22-11-5-2-6-12-22/h21-24H,2-20H2,1H3. The molecule has 0 unspecified atom stereocenters. The molecule has 0 aromatic rings. The van der Waals surface area contributed by atoms with E-state index in [1.54, 1.807) is 0 Å². The Hall–Kier alpha value is -1.98. The molecule has 6 aliphatic rings. The summed E-state index contributed by atoms with van der Waals surface area (Å²) in [5.74, 6) is 2.06. The van der Waals surface area contributed by atoms with Crippen LogP contribution in [0.3, 0.4) is 0 Å². The minimum absolute atomic E-state index is 0.213. The predicted octanol–water partition coefficient (Wildman–Crippen LogP) is 7.26. The molecule has 2 aliphatic heterocycles. The molecule has 0 aromatic carbocycles. The summed E-state index contributed by atoms with van der Waals surface area (Å²) >= 11 is 0. The highest BCUT2D eigenvalue weighted by Gasteiger charge is 2.57. The first kappa shape index (κ1) is 25.3. The first-order valence-corrected chi connectivity index (χ1v) is 15.5. The van der Waals surface area contributed by atoms with E-state index in [-0.39, 0.29) is 18.1 Å². The fraction of sp³-hybridized carbons (Fsp3) is 0.806. The predicted molar refractivity (Wildman–Crippen MR) is 147 cm³/mol. The van der Waals surface area contributed by atoms with Crippen molar-refractivity contribution in [1.29, 1.82) is 0 Å². The minimum atomic E-state index is -0.452. The summed E-state index contributed by atoms with van der Waals surface area (Å²) in [5, 5.41) is 0. The van der Waals surface area contributed by atoms with Crippen LogP contribution in [0.1, 0.15) is 129 Å². The average molecular weight is 508 g/mol. The second kappa shape index (κ2) is 11.0. The molecule has 4 saturated carbocycles. The maximum absolute atomic E-state index is 13.6. The molecule has 202 valence electrons. The van der Waals surface area contributed by atoms with Crippen molar-refractivity contribution < 1.29 is 14.3 Å². The number of carbonyl (C=O) groups excluding carboxylic acids is 1. The van der Waals surface area contributed by atoms with Gasteiger partial charge in [-0.1, -0.05) is 64.7 Å². The smallest absolute Gasteiger partial charge is 0.345 e. The van der Waals surface area contributed by atoms with E-state index in [0.717, 1.165) is 69.9 Å². The lowest BCUT2D eigenvalue weighted by molar-refractivity contribution is -0.131. The third-order valence-electron chi connectivity index (χ3n) is 9.91. The van der Waals surface area contributed by atoms with Crippen molar-refractivity contribution in [3.05, 3.63) is 11.3 Å². The van der Waals surface area contributed by atoms with E-state index in [9.17, 15) is 4.79 Å². The Morgan fingerprint density at radius 3 is 1.65 bits per heavy atom. The van der Waals surface area contributed by atoms with Crippen molar-refractivity contribution in [3.63, 3.8) is 0 Å². The highest BCUT2D eigenvalue weighted by Crippen LogP contribution is 2.52. The van der Waals surface area contributed by atoms with E-state index in [1.165, 1.54) is 57.8 Å². The van der Waals surface area contributed by atoms with Crippen molar-refractivity contribution in [1.82, 2.24) is 0 Å². The van der Waals surface area contributed by atoms with Crippen molar-refractivity contribution in [2.45, 2.75) is 147 Å². The zero-order chi connectivity index (χ0) is 25.2. The SMILES string of the molecule is CC1CCC2(CC1)C(=NC1CCCCC1)C(=NC1CCCCC1)OC1=C2C(=O)OC1=NC1CCCCC1. The zero-order valence-corrected chi connectivity index (χ0v) is 22.8. The molecule has 2 heterocycles. The number of hydrogen-bond donors (Lipinski definition) is 0. The van der Waals surface area contributed by atoms with Crippen LogP contribution in [0.5, 0.6) is 0 Å². The van der Waals surface area contributed by atoms with Crippen molar-refractivity contribution in [2.24, 2.45) is 26.3 Å². The van der Waals surface area contributed by atoms with Gasteiger partial charge in [0.25, 0.3) is 5.90 Å². The molecule has 0 radical (unpaired) electrons. The van der Waals surface area contributed by atoms with Crippen molar-refractivity contribution in [2.75, 3.05) is 0 Å². The number of aliphatic imine (C=N–C) groups is 3. The van der Waals surface area contributed by atoms with E-state index < -0.39 is 5.41 Å². The van der Waals surface area contributed by atoms with Crippen LogP contribution in [0.15, 0.2) is 26.3 Å². The normalized spacial score (nSPS) is 35.9. The topological polar surface area (TPSA) is 72.6 Å². The number of carbonyl (C=O) groups is 1. The molecular weight excluding hydrogens is 462 g/mol. The Morgan fingerprint density at radius 2 is 1.11 bits per heavy atom. The molecule has 6 nitrogen and oxygen atoms in total. The van der Waals surface area contributed by atoms with Crippen LogP contribution in [0.2, 0.25) is 0 Å². The Labute approximate surface area is 222 Å². The molecule has 4 fully saturated rings. The van der Waals surface area contributed by atoms with E-state index in [4.69, 9.17) is 24.5 Å². The second-order valence-corrected chi connectivity index (χ2v) is 12.7. The summed E-state index contributed by atoms with van der Waals surface area (Å²) in [5.41, 5.74) is 1.21. The molecule has 6 rings (SSSR count). The Morgan fingerprint density at radius 1 is 0.622 bits per heavy atom. The van der Waals surface area contributed by atoms with E-state index in [2.05, 4.69) is 6.92 Å². The monoisotopic (exact) mass is 507 g/mol. The number of hydrogen-bond acceptors (Lipinski definition) is 6. The molecule has 4 aliphatic carbocycles. The van der Waals surface area contributed by atoms with Crippen LogP contribution in [0.25, 0.3) is 0 Å². The van der Waals surface area contributed by atoms with E-state index >= 15 is 0 Å². The number of ether oxygens (including phenoxy) is 2. The van der Waals surface area contributed by atoms with Crippen LogP contribution in [0.4, 0.5) is 0 Å². The molecule has 0 N–H and O–H groups in total. The Kier molecular flexibility index (Phi) is 7.54. The summed E-state index contributed by atoms with van der Waals surface area (Å²) < 4.78 is 12.6. The summed E-state index contributed by atoms with van der Waals surface area (Å²) in [6.45, 7) is 2.33. The third kappa shape index (κ3) is 5.18. The van der Waals surface area contributed by atoms with Crippen LogP contribution >= 0.6 is 0 Å². The van der Waals surface area contributed by atoms with Gasteiger partial charge in [-0.15, -0.1) is 0 Å². The zero-order valence-electron chi connectivity index (χ0n) is 22.8. The highest BCUT2D eigenvalue weighted by atomic mass is 16.6. The van der Waals surface area contributed by atoms with Crippen LogP contribution in [0, 0.1) is 11.3 Å². The summed E-state index contributed by atoms with van der Waals surface area (Å²) in [7, 11) is 0. The second-order valence-electron chi connectivity index (χ2n) is 12.7. The maximum Gasteiger partial charge on any atom is 0.345 e. The maximum atomic E-state index is 13.6. The lowest BCUT2D eigenvalue weighted by atomic mass is 9.62. The molecule has 6 heteroatoms. The van der Waals surface area contributed by atoms with Gasteiger partial charge in [0.1, 0.15) is 5.71 Å². The third-order valence-corrected chi connectivity index (χ3v) is 9.91. The molecule has 0 aromatic heterocycles. The van der Waals surface area contributed by atoms with Crippen LogP contribution < -0.4 is 0 Å². The largest absolute Gasteiger partial charge is 0.431 e. The highest BCUT2D eigenvalue weighted by molar-refractivity contribution is 6.45. The molecule has 0 bridgehead atoms. The van der Waals surface area contributed by atoms with E-state index in [0.29, 0.717) is 35.1 Å². The number of cyclic esters (lactones) is 1. The van der Waals surface area contributed by atoms with Gasteiger partial charge in [-0.05, 0) is 70.1 Å². The van der Waals surface area contributed by atoms with Crippen molar-refractivity contribution >= 4 is 23.5 Å². The number of nitrogens with zero attached hydrogens (tertiary/aromatic N) is 3. The van der Waals surface area contributed by atoms with Gasteiger partial charge < -0.3 is 9.47 Å². The lowest BCUT2D eigenvalue weighted by Gasteiger charge is -2.43.